The SMILES string of the molecule is Clc1cc(Nc2ccccc2)nc2cc(-c3ccnn3C3CCCCO3)ccc12. The number of nitrogens with one attached hydrogen (secondary N) is 1. The Balaban J connectivity index is 1.52. The second kappa shape index (κ2) is 7.85. The Labute approximate surface area is 174 Å². The summed E-state index contributed by atoms with van der Waals surface area (Å²) in [7, 11) is 0. The number of pyridine rings is 1. The summed E-state index contributed by atoms with van der Waals surface area (Å²) >= 11 is 6.54. The van der Waals surface area contributed by atoms with Crippen LogP contribution < -0.4 is 5.32 Å². The molecule has 1 fully saturated rings. The van der Waals surface area contributed by atoms with E-state index in [2.05, 4.69) is 22.5 Å². The molecule has 0 saturated carbocycles. The number of nitrogens with zero attached hydrogens (tertiary/aromatic N) is 3. The van der Waals surface area contributed by atoms with Gasteiger partial charge in [0.05, 0.1) is 16.2 Å². The number of ether oxygens (including phenoxy) is 1. The molecule has 1 unspecified atom stereocenters. The third-order valence-electron chi connectivity index (χ3n) is 5.20. The van der Waals surface area contributed by atoms with Crippen LogP contribution in [-0.4, -0.2) is 21.4 Å². The lowest BCUT2D eigenvalue weighted by molar-refractivity contribution is -0.0383. The van der Waals surface area contributed by atoms with Crippen molar-refractivity contribution in [3.63, 3.8) is 0 Å². The van der Waals surface area contributed by atoms with Crippen LogP contribution in [0.15, 0.2) is 66.9 Å². The molecule has 29 heavy (non-hydrogen) atoms. The molecular weight excluding hydrogens is 384 g/mol. The van der Waals surface area contributed by atoms with E-state index in [1.54, 1.807) is 0 Å². The zero-order valence-electron chi connectivity index (χ0n) is 15.9. The number of hydrogen-bond donors (Lipinski definition) is 1. The van der Waals surface area contributed by atoms with Crippen molar-refractivity contribution in [2.24, 2.45) is 0 Å². The standard InChI is InChI=1S/C23H21ClN4O/c24-19-15-22(26-17-6-2-1-3-7-17)27-20-14-16(9-10-18(19)20)21-11-12-25-28(21)23-8-4-5-13-29-23/h1-3,6-7,9-12,14-15,23H,4-5,8,13H2,(H,26,27). The Morgan fingerprint density at radius 2 is 1.93 bits per heavy atom. The minimum absolute atomic E-state index is 0.00734. The van der Waals surface area contributed by atoms with Crippen LogP contribution in [0.4, 0.5) is 11.5 Å². The molecule has 1 aliphatic rings. The molecule has 0 aliphatic carbocycles. The Kier molecular flexibility index (Phi) is 4.92. The van der Waals surface area contributed by atoms with Gasteiger partial charge in [0.2, 0.25) is 0 Å². The molecule has 1 N–H and O–H groups in total. The average molecular weight is 405 g/mol. The number of aromatic nitrogens is 3. The van der Waals surface area contributed by atoms with Crippen LogP contribution >= 0.6 is 11.6 Å². The van der Waals surface area contributed by atoms with E-state index in [0.717, 1.165) is 59.5 Å². The predicted molar refractivity (Wildman–Crippen MR) is 117 cm³/mol. The largest absolute Gasteiger partial charge is 0.356 e. The predicted octanol–water partition coefficient (Wildman–Crippen LogP) is 6.19. The zero-order valence-corrected chi connectivity index (χ0v) is 16.6. The maximum Gasteiger partial charge on any atom is 0.150 e. The maximum atomic E-state index is 6.54. The van der Waals surface area contributed by atoms with E-state index in [9.17, 15) is 0 Å². The lowest BCUT2D eigenvalue weighted by Crippen LogP contribution is -2.19. The second-order valence-electron chi connectivity index (χ2n) is 7.19. The fraction of sp³-hybridized carbons (Fsp3) is 0.217. The molecule has 0 bridgehead atoms. The first-order valence-electron chi connectivity index (χ1n) is 9.86. The van der Waals surface area contributed by atoms with Gasteiger partial charge in [-0.2, -0.15) is 5.10 Å². The van der Waals surface area contributed by atoms with E-state index in [-0.39, 0.29) is 6.23 Å². The van der Waals surface area contributed by atoms with Crippen molar-refractivity contribution in [2.45, 2.75) is 25.5 Å². The monoisotopic (exact) mass is 404 g/mol. The zero-order chi connectivity index (χ0) is 19.6. The summed E-state index contributed by atoms with van der Waals surface area (Å²) in [5, 5.41) is 9.44. The van der Waals surface area contributed by atoms with E-state index >= 15 is 0 Å². The molecule has 2 aromatic heterocycles. The fourth-order valence-corrected chi connectivity index (χ4v) is 4.03. The van der Waals surface area contributed by atoms with Gasteiger partial charge in [-0.1, -0.05) is 41.9 Å². The van der Waals surface area contributed by atoms with Crippen molar-refractivity contribution in [1.82, 2.24) is 14.8 Å². The first-order chi connectivity index (χ1) is 14.3. The van der Waals surface area contributed by atoms with E-state index in [1.807, 2.05) is 59.4 Å². The summed E-state index contributed by atoms with van der Waals surface area (Å²) in [5.41, 5.74) is 3.88. The number of halogens is 1. The van der Waals surface area contributed by atoms with Crippen LogP contribution in [0.2, 0.25) is 5.02 Å². The van der Waals surface area contributed by atoms with Crippen LogP contribution in [0.3, 0.4) is 0 Å². The third kappa shape index (κ3) is 3.71. The lowest BCUT2D eigenvalue weighted by atomic mass is 10.1. The topological polar surface area (TPSA) is 52.0 Å². The van der Waals surface area contributed by atoms with Gasteiger partial charge in [-0.25, -0.2) is 9.67 Å². The van der Waals surface area contributed by atoms with Gasteiger partial charge in [-0.3, -0.25) is 0 Å². The van der Waals surface area contributed by atoms with Crippen LogP contribution in [0.5, 0.6) is 0 Å². The van der Waals surface area contributed by atoms with Gasteiger partial charge >= 0.3 is 0 Å². The Hall–Kier alpha value is -2.89. The molecule has 0 amide bonds. The van der Waals surface area contributed by atoms with Crippen molar-refractivity contribution < 1.29 is 4.74 Å². The van der Waals surface area contributed by atoms with Crippen molar-refractivity contribution in [3.05, 3.63) is 71.9 Å². The summed E-state index contributed by atoms with van der Waals surface area (Å²) in [5.74, 6) is 0.718. The molecule has 5 nitrogen and oxygen atoms in total. The highest BCUT2D eigenvalue weighted by Gasteiger charge is 2.20. The Morgan fingerprint density at radius 3 is 2.76 bits per heavy atom. The van der Waals surface area contributed by atoms with Gasteiger partial charge in [-0.05, 0) is 43.5 Å². The molecule has 0 radical (unpaired) electrons. The van der Waals surface area contributed by atoms with Gasteiger partial charge in [0.25, 0.3) is 0 Å². The quantitative estimate of drug-likeness (QED) is 0.440. The molecule has 1 saturated heterocycles. The minimum Gasteiger partial charge on any atom is -0.356 e. The van der Waals surface area contributed by atoms with Gasteiger partial charge in [0, 0.05) is 35.5 Å². The maximum absolute atomic E-state index is 6.54. The van der Waals surface area contributed by atoms with E-state index in [1.165, 1.54) is 0 Å². The molecule has 1 atom stereocenters. The molecule has 2 aromatic carbocycles. The van der Waals surface area contributed by atoms with Gasteiger partial charge in [-0.15, -0.1) is 0 Å². The average Bonchev–Trinajstić information content (AvgIpc) is 3.25. The smallest absolute Gasteiger partial charge is 0.150 e. The number of fused-ring (bicyclic) bond motifs is 1. The lowest BCUT2D eigenvalue weighted by Gasteiger charge is -2.24. The number of hydrogen-bond acceptors (Lipinski definition) is 4. The van der Waals surface area contributed by atoms with E-state index in [0.29, 0.717) is 5.02 Å². The molecule has 146 valence electrons. The van der Waals surface area contributed by atoms with Crippen molar-refractivity contribution >= 4 is 34.0 Å². The first kappa shape index (κ1) is 18.2. The van der Waals surface area contributed by atoms with Crippen molar-refractivity contribution in [1.29, 1.82) is 0 Å². The Bertz CT molecular complexity index is 1140. The number of benzene rings is 2. The second-order valence-corrected chi connectivity index (χ2v) is 7.60. The highest BCUT2D eigenvalue weighted by atomic mass is 35.5. The number of rotatable bonds is 4. The molecule has 0 spiro atoms. The summed E-state index contributed by atoms with van der Waals surface area (Å²) in [4.78, 5) is 4.79. The van der Waals surface area contributed by atoms with Crippen LogP contribution in [0.25, 0.3) is 22.2 Å². The normalized spacial score (nSPS) is 16.8. The molecule has 6 heteroatoms. The van der Waals surface area contributed by atoms with Crippen LogP contribution in [0.1, 0.15) is 25.5 Å². The first-order valence-corrected chi connectivity index (χ1v) is 10.2. The van der Waals surface area contributed by atoms with Crippen LogP contribution in [-0.2, 0) is 4.74 Å². The highest BCUT2D eigenvalue weighted by Crippen LogP contribution is 2.32. The summed E-state index contributed by atoms with van der Waals surface area (Å²) in [6.45, 7) is 0.785. The fourth-order valence-electron chi connectivity index (χ4n) is 3.77. The van der Waals surface area contributed by atoms with Crippen molar-refractivity contribution in [2.75, 3.05) is 11.9 Å². The third-order valence-corrected chi connectivity index (χ3v) is 5.51. The summed E-state index contributed by atoms with van der Waals surface area (Å²) in [6.07, 6.45) is 5.07. The molecule has 4 aromatic rings. The van der Waals surface area contributed by atoms with Crippen molar-refractivity contribution in [3.8, 4) is 11.3 Å². The molecular formula is C23H21ClN4O. The van der Waals surface area contributed by atoms with Crippen LogP contribution in [0, 0.1) is 0 Å². The number of para-hydroxylation sites is 1. The van der Waals surface area contributed by atoms with E-state index in [4.69, 9.17) is 21.3 Å². The Morgan fingerprint density at radius 1 is 1.03 bits per heavy atom. The molecule has 3 heterocycles. The summed E-state index contributed by atoms with van der Waals surface area (Å²) < 4.78 is 7.91. The number of anilines is 2. The molecule has 5 rings (SSSR count). The van der Waals surface area contributed by atoms with E-state index < -0.39 is 0 Å². The van der Waals surface area contributed by atoms with Gasteiger partial charge < -0.3 is 10.1 Å². The summed E-state index contributed by atoms with van der Waals surface area (Å²) in [6, 6.07) is 20.0. The minimum atomic E-state index is -0.00734. The van der Waals surface area contributed by atoms with Gasteiger partial charge in [0.15, 0.2) is 6.23 Å². The van der Waals surface area contributed by atoms with Gasteiger partial charge in [0.1, 0.15) is 5.82 Å². The molecule has 1 aliphatic heterocycles. The highest BCUT2D eigenvalue weighted by molar-refractivity contribution is 6.35.